The minimum absolute atomic E-state index is 0.259. The van der Waals surface area contributed by atoms with Gasteiger partial charge in [0.05, 0.1) is 4.90 Å². The summed E-state index contributed by atoms with van der Waals surface area (Å²) in [5.41, 5.74) is 1.02. The maximum absolute atomic E-state index is 11.6. The third-order valence-electron chi connectivity index (χ3n) is 2.96. The summed E-state index contributed by atoms with van der Waals surface area (Å²) in [5, 5.41) is 3.83. The molecule has 1 aromatic heterocycles. The average molecular weight is 295 g/mol. The van der Waals surface area contributed by atoms with E-state index in [1.165, 1.54) is 7.05 Å². The van der Waals surface area contributed by atoms with Crippen molar-refractivity contribution in [3.8, 4) is 0 Å². The van der Waals surface area contributed by atoms with Crippen LogP contribution in [0.15, 0.2) is 33.7 Å². The molecular weight excluding hydrogens is 278 g/mol. The zero-order valence-corrected chi connectivity index (χ0v) is 12.3. The van der Waals surface area contributed by atoms with E-state index in [-0.39, 0.29) is 4.90 Å². The number of hydrogen-bond acceptors (Lipinski definition) is 5. The van der Waals surface area contributed by atoms with Crippen LogP contribution in [0.4, 0.5) is 0 Å². The molecule has 0 radical (unpaired) electrons. The lowest BCUT2D eigenvalue weighted by molar-refractivity contribution is 0.373. The summed E-state index contributed by atoms with van der Waals surface area (Å²) < 4.78 is 30.6. The molecule has 108 valence electrons. The first-order valence-corrected chi connectivity index (χ1v) is 7.87. The molecule has 0 spiro atoms. The molecule has 0 aliphatic carbocycles. The van der Waals surface area contributed by atoms with Gasteiger partial charge in [-0.1, -0.05) is 24.2 Å². The van der Waals surface area contributed by atoms with Crippen molar-refractivity contribution in [3.63, 3.8) is 0 Å². The fourth-order valence-corrected chi connectivity index (χ4v) is 2.47. The Labute approximate surface area is 118 Å². The zero-order valence-electron chi connectivity index (χ0n) is 11.5. The molecule has 1 aromatic carbocycles. The van der Waals surface area contributed by atoms with Gasteiger partial charge in [-0.2, -0.15) is 4.98 Å². The summed E-state index contributed by atoms with van der Waals surface area (Å²) in [6.45, 7) is 1.97. The number of benzene rings is 1. The number of hydrogen-bond donors (Lipinski definition) is 1. The predicted molar refractivity (Wildman–Crippen MR) is 73.8 cm³/mol. The largest absolute Gasteiger partial charge is 0.339 e. The molecule has 0 atom stereocenters. The molecule has 1 N–H and O–H groups in total. The van der Waals surface area contributed by atoms with Crippen LogP contribution in [0.2, 0.25) is 0 Å². The quantitative estimate of drug-likeness (QED) is 0.869. The van der Waals surface area contributed by atoms with Crippen LogP contribution in [0.5, 0.6) is 0 Å². The van der Waals surface area contributed by atoms with Crippen molar-refractivity contribution in [2.24, 2.45) is 0 Å². The number of nitrogens with zero attached hydrogens (tertiary/aromatic N) is 2. The van der Waals surface area contributed by atoms with Gasteiger partial charge in [0.1, 0.15) is 0 Å². The Morgan fingerprint density at radius 1 is 1.20 bits per heavy atom. The summed E-state index contributed by atoms with van der Waals surface area (Å²) in [6.07, 6.45) is 2.12. The molecule has 0 saturated carbocycles. The van der Waals surface area contributed by atoms with Crippen LogP contribution in [0.3, 0.4) is 0 Å². The van der Waals surface area contributed by atoms with Crippen LogP contribution in [-0.4, -0.2) is 25.6 Å². The van der Waals surface area contributed by atoms with Gasteiger partial charge in [-0.25, -0.2) is 13.1 Å². The maximum atomic E-state index is 11.6. The molecular formula is C13H17N3O3S. The van der Waals surface area contributed by atoms with E-state index < -0.39 is 10.0 Å². The van der Waals surface area contributed by atoms with Gasteiger partial charge in [0.2, 0.25) is 15.9 Å². The van der Waals surface area contributed by atoms with Gasteiger partial charge < -0.3 is 4.52 Å². The summed E-state index contributed by atoms with van der Waals surface area (Å²) >= 11 is 0. The fraction of sp³-hybridized carbons (Fsp3) is 0.385. The van der Waals surface area contributed by atoms with Gasteiger partial charge in [-0.15, -0.1) is 0 Å². The smallest absolute Gasteiger partial charge is 0.240 e. The van der Waals surface area contributed by atoms with Gasteiger partial charge >= 0.3 is 0 Å². The summed E-state index contributed by atoms with van der Waals surface area (Å²) in [4.78, 5) is 4.49. The monoisotopic (exact) mass is 295 g/mol. The second-order valence-corrected chi connectivity index (χ2v) is 6.20. The summed E-state index contributed by atoms with van der Waals surface area (Å²) in [6, 6.07) is 6.77. The van der Waals surface area contributed by atoms with Crippen molar-refractivity contribution in [2.45, 2.75) is 31.1 Å². The summed E-state index contributed by atoms with van der Waals surface area (Å²) in [7, 11) is -1.98. The topological polar surface area (TPSA) is 85.1 Å². The molecule has 0 amide bonds. The minimum atomic E-state index is -3.37. The van der Waals surface area contributed by atoms with Crippen molar-refractivity contribution in [1.29, 1.82) is 0 Å². The standard InChI is InChI=1S/C13H17N3O3S/c1-3-12-15-13(19-16-12)9-6-10-4-7-11(8-5-10)20(17,18)14-2/h4-5,7-8,14H,3,6,9H2,1-2H3. The van der Waals surface area contributed by atoms with Gasteiger partial charge in [-0.3, -0.25) is 0 Å². The number of sulfonamides is 1. The molecule has 1 heterocycles. The highest BCUT2D eigenvalue weighted by atomic mass is 32.2. The van der Waals surface area contributed by atoms with E-state index >= 15 is 0 Å². The van der Waals surface area contributed by atoms with Gasteiger partial charge in [0.25, 0.3) is 0 Å². The van der Waals surface area contributed by atoms with E-state index in [2.05, 4.69) is 14.9 Å². The van der Waals surface area contributed by atoms with Crippen LogP contribution in [0, 0.1) is 0 Å². The third kappa shape index (κ3) is 3.43. The molecule has 2 aromatic rings. The van der Waals surface area contributed by atoms with Crippen LogP contribution >= 0.6 is 0 Å². The third-order valence-corrected chi connectivity index (χ3v) is 4.39. The predicted octanol–water partition coefficient (Wildman–Crippen LogP) is 1.33. The second kappa shape index (κ2) is 6.15. The highest BCUT2D eigenvalue weighted by Gasteiger charge is 2.11. The zero-order chi connectivity index (χ0) is 14.6. The van der Waals surface area contributed by atoms with Crippen molar-refractivity contribution in [2.75, 3.05) is 7.05 Å². The van der Waals surface area contributed by atoms with E-state index in [1.807, 2.05) is 6.92 Å². The first-order chi connectivity index (χ1) is 9.55. The average Bonchev–Trinajstić information content (AvgIpc) is 2.93. The van der Waals surface area contributed by atoms with Gasteiger partial charge in [0, 0.05) is 12.8 Å². The SMILES string of the molecule is CCc1noc(CCc2ccc(S(=O)(=O)NC)cc2)n1. The molecule has 7 heteroatoms. The summed E-state index contributed by atoms with van der Waals surface area (Å²) in [5.74, 6) is 1.31. The van der Waals surface area contributed by atoms with Crippen molar-refractivity contribution in [1.82, 2.24) is 14.9 Å². The van der Waals surface area contributed by atoms with Crippen molar-refractivity contribution < 1.29 is 12.9 Å². The molecule has 20 heavy (non-hydrogen) atoms. The molecule has 0 aliphatic heterocycles. The Bertz CT molecular complexity index is 662. The highest BCUT2D eigenvalue weighted by Crippen LogP contribution is 2.12. The first kappa shape index (κ1) is 14.7. The maximum Gasteiger partial charge on any atom is 0.240 e. The van der Waals surface area contributed by atoms with Crippen LogP contribution in [-0.2, 0) is 29.3 Å². The Morgan fingerprint density at radius 2 is 1.90 bits per heavy atom. The number of aromatic nitrogens is 2. The Morgan fingerprint density at radius 3 is 2.45 bits per heavy atom. The number of nitrogens with one attached hydrogen (secondary N) is 1. The lowest BCUT2D eigenvalue weighted by atomic mass is 10.1. The number of rotatable bonds is 6. The molecule has 0 aliphatic rings. The van der Waals surface area contributed by atoms with E-state index in [1.54, 1.807) is 24.3 Å². The van der Waals surface area contributed by atoms with Crippen molar-refractivity contribution in [3.05, 3.63) is 41.5 Å². The normalized spacial score (nSPS) is 11.7. The lowest BCUT2D eigenvalue weighted by Gasteiger charge is -2.03. The molecule has 0 fully saturated rings. The molecule has 0 saturated heterocycles. The first-order valence-electron chi connectivity index (χ1n) is 6.39. The Balaban J connectivity index is 2.00. The Kier molecular flexibility index (Phi) is 4.51. The molecule has 6 nitrogen and oxygen atoms in total. The van der Waals surface area contributed by atoms with Crippen LogP contribution in [0.1, 0.15) is 24.2 Å². The highest BCUT2D eigenvalue weighted by molar-refractivity contribution is 7.89. The molecule has 0 bridgehead atoms. The van der Waals surface area contributed by atoms with Gasteiger partial charge in [0.15, 0.2) is 5.82 Å². The van der Waals surface area contributed by atoms with E-state index in [0.717, 1.165) is 18.4 Å². The molecule has 2 rings (SSSR count). The fourth-order valence-electron chi connectivity index (χ4n) is 1.74. The van der Waals surface area contributed by atoms with E-state index in [4.69, 9.17) is 4.52 Å². The van der Waals surface area contributed by atoms with Gasteiger partial charge in [-0.05, 0) is 31.2 Å². The van der Waals surface area contributed by atoms with E-state index in [0.29, 0.717) is 18.1 Å². The van der Waals surface area contributed by atoms with Crippen LogP contribution in [0.25, 0.3) is 0 Å². The second-order valence-electron chi connectivity index (χ2n) is 4.31. The van der Waals surface area contributed by atoms with Crippen molar-refractivity contribution >= 4 is 10.0 Å². The molecule has 0 unspecified atom stereocenters. The lowest BCUT2D eigenvalue weighted by Crippen LogP contribution is -2.18. The van der Waals surface area contributed by atoms with Crippen LogP contribution < -0.4 is 4.72 Å². The van der Waals surface area contributed by atoms with E-state index in [9.17, 15) is 8.42 Å². The minimum Gasteiger partial charge on any atom is -0.339 e. The number of aryl methyl sites for hydroxylation is 3. The Hall–Kier alpha value is -1.73.